The number of hydrogen-bond acceptors (Lipinski definition) is 1. The molecule has 0 aromatic heterocycles. The van der Waals surface area contributed by atoms with Gasteiger partial charge in [0.15, 0.2) is 0 Å². The van der Waals surface area contributed by atoms with E-state index in [-0.39, 0.29) is 5.56 Å². The zero-order chi connectivity index (χ0) is 11.4. The Morgan fingerprint density at radius 1 is 1.33 bits per heavy atom. The summed E-state index contributed by atoms with van der Waals surface area (Å²) < 4.78 is 25.0. The minimum atomic E-state index is -2.80. The molecule has 1 aromatic rings. The third kappa shape index (κ3) is 3.36. The molecular weight excluding hydrogens is 228 g/mol. The second-order valence-corrected chi connectivity index (χ2v) is 3.25. The zero-order valence-corrected chi connectivity index (χ0v) is 8.21. The lowest BCUT2D eigenvalue weighted by Crippen LogP contribution is -2.31. The van der Waals surface area contributed by atoms with E-state index in [1.54, 1.807) is 5.32 Å². The van der Waals surface area contributed by atoms with Crippen molar-refractivity contribution in [3.8, 4) is 0 Å². The van der Waals surface area contributed by atoms with Crippen molar-refractivity contribution in [2.75, 3.05) is 0 Å². The van der Waals surface area contributed by atoms with Crippen LogP contribution in [-0.4, -0.2) is 17.6 Å². The Morgan fingerprint density at radius 2 is 1.87 bits per heavy atom. The maximum atomic E-state index is 12.5. The molecule has 6 heteroatoms. The zero-order valence-electron chi connectivity index (χ0n) is 7.45. The van der Waals surface area contributed by atoms with Crippen LogP contribution in [0.1, 0.15) is 11.6 Å². The van der Waals surface area contributed by atoms with Crippen molar-refractivity contribution in [2.45, 2.75) is 12.5 Å². The highest BCUT2D eigenvalue weighted by molar-refractivity contribution is 6.30. The van der Waals surface area contributed by atoms with Gasteiger partial charge >= 0.3 is 6.09 Å². The van der Waals surface area contributed by atoms with Crippen LogP contribution in [0.2, 0.25) is 5.02 Å². The van der Waals surface area contributed by atoms with Crippen molar-refractivity contribution in [1.29, 1.82) is 0 Å². The van der Waals surface area contributed by atoms with Gasteiger partial charge in [0.1, 0.15) is 6.04 Å². The molecule has 0 saturated carbocycles. The minimum absolute atomic E-state index is 0.178. The smallest absolute Gasteiger partial charge is 0.405 e. The average Bonchev–Trinajstić information content (AvgIpc) is 2.15. The summed E-state index contributed by atoms with van der Waals surface area (Å²) in [5.41, 5.74) is 0.178. The monoisotopic (exact) mass is 235 g/mol. The summed E-state index contributed by atoms with van der Waals surface area (Å²) in [7, 11) is 0. The maximum absolute atomic E-state index is 12.5. The van der Waals surface area contributed by atoms with Crippen LogP contribution in [0.5, 0.6) is 0 Å². The number of carboxylic acid groups (broad SMARTS) is 1. The van der Waals surface area contributed by atoms with Crippen LogP contribution in [0.4, 0.5) is 13.6 Å². The standard InChI is InChI=1S/C9H8ClF2NO2/c10-6-3-1-5(2-4-6)7(8(11)12)13-9(14)15/h1-4,7-8,13H,(H,14,15). The quantitative estimate of drug-likeness (QED) is 0.846. The molecule has 0 aliphatic heterocycles. The Labute approximate surface area is 89.7 Å². The van der Waals surface area contributed by atoms with Crippen molar-refractivity contribution in [2.24, 2.45) is 0 Å². The van der Waals surface area contributed by atoms with Crippen LogP contribution >= 0.6 is 11.6 Å². The van der Waals surface area contributed by atoms with Gasteiger partial charge in [0.25, 0.3) is 6.43 Å². The maximum Gasteiger partial charge on any atom is 0.405 e. The number of rotatable bonds is 3. The van der Waals surface area contributed by atoms with Gasteiger partial charge in [-0.3, -0.25) is 0 Å². The number of hydrogen-bond donors (Lipinski definition) is 2. The van der Waals surface area contributed by atoms with Gasteiger partial charge in [-0.15, -0.1) is 0 Å². The predicted octanol–water partition coefficient (Wildman–Crippen LogP) is 2.91. The molecule has 82 valence electrons. The van der Waals surface area contributed by atoms with E-state index in [4.69, 9.17) is 16.7 Å². The Hall–Kier alpha value is -1.36. The van der Waals surface area contributed by atoms with Gasteiger partial charge in [0.05, 0.1) is 0 Å². The molecule has 1 aromatic carbocycles. The molecule has 0 saturated heterocycles. The van der Waals surface area contributed by atoms with Gasteiger partial charge in [0, 0.05) is 5.02 Å². The summed E-state index contributed by atoms with van der Waals surface area (Å²) in [4.78, 5) is 10.3. The van der Waals surface area contributed by atoms with Gasteiger partial charge in [-0.1, -0.05) is 23.7 Å². The van der Waals surface area contributed by atoms with Crippen molar-refractivity contribution in [3.63, 3.8) is 0 Å². The summed E-state index contributed by atoms with van der Waals surface area (Å²) in [5.74, 6) is 0. The molecule has 1 amide bonds. The second-order valence-electron chi connectivity index (χ2n) is 2.81. The van der Waals surface area contributed by atoms with Gasteiger partial charge in [-0.05, 0) is 17.7 Å². The van der Waals surface area contributed by atoms with E-state index in [0.717, 1.165) is 0 Å². The largest absolute Gasteiger partial charge is 0.465 e. The summed E-state index contributed by atoms with van der Waals surface area (Å²) in [6, 6.07) is 4.04. The van der Waals surface area contributed by atoms with E-state index in [1.807, 2.05) is 0 Å². The molecule has 0 heterocycles. The van der Waals surface area contributed by atoms with Crippen LogP contribution in [0.15, 0.2) is 24.3 Å². The molecule has 0 bridgehead atoms. The molecule has 0 radical (unpaired) electrons. The molecular formula is C9H8ClF2NO2. The van der Waals surface area contributed by atoms with Crippen LogP contribution in [0.25, 0.3) is 0 Å². The molecule has 1 atom stereocenters. The first kappa shape index (κ1) is 11.7. The third-order valence-electron chi connectivity index (χ3n) is 1.76. The summed E-state index contributed by atoms with van der Waals surface area (Å²) in [6.07, 6.45) is -4.29. The highest BCUT2D eigenvalue weighted by Gasteiger charge is 2.23. The molecule has 0 aliphatic rings. The Bertz CT molecular complexity index is 342. The summed E-state index contributed by atoms with van der Waals surface area (Å²) >= 11 is 5.58. The summed E-state index contributed by atoms with van der Waals surface area (Å²) in [5, 5.41) is 10.5. The normalized spacial score (nSPS) is 12.5. The van der Waals surface area contributed by atoms with Crippen LogP contribution in [0, 0.1) is 0 Å². The first-order chi connectivity index (χ1) is 7.00. The van der Waals surface area contributed by atoms with Crippen molar-refractivity contribution in [3.05, 3.63) is 34.9 Å². The molecule has 0 fully saturated rings. The molecule has 1 unspecified atom stereocenters. The van der Waals surface area contributed by atoms with E-state index >= 15 is 0 Å². The molecule has 0 spiro atoms. The lowest BCUT2D eigenvalue weighted by molar-refractivity contribution is 0.0944. The number of nitrogens with one attached hydrogen (secondary N) is 1. The fraction of sp³-hybridized carbons (Fsp3) is 0.222. The van der Waals surface area contributed by atoms with E-state index in [0.29, 0.717) is 5.02 Å². The van der Waals surface area contributed by atoms with Crippen LogP contribution < -0.4 is 5.32 Å². The van der Waals surface area contributed by atoms with Crippen molar-refractivity contribution < 1.29 is 18.7 Å². The van der Waals surface area contributed by atoms with Gasteiger partial charge in [-0.2, -0.15) is 0 Å². The second kappa shape index (κ2) is 4.93. The van der Waals surface area contributed by atoms with E-state index < -0.39 is 18.6 Å². The first-order valence-electron chi connectivity index (χ1n) is 4.04. The molecule has 1 rings (SSSR count). The van der Waals surface area contributed by atoms with E-state index in [2.05, 4.69) is 0 Å². The van der Waals surface area contributed by atoms with Gasteiger partial charge in [-0.25, -0.2) is 13.6 Å². The fourth-order valence-corrected chi connectivity index (χ4v) is 1.22. The predicted molar refractivity (Wildman–Crippen MR) is 51.4 cm³/mol. The number of amides is 1. The van der Waals surface area contributed by atoms with Crippen molar-refractivity contribution in [1.82, 2.24) is 5.32 Å². The highest BCUT2D eigenvalue weighted by atomic mass is 35.5. The SMILES string of the molecule is O=C(O)NC(c1ccc(Cl)cc1)C(F)F. The Kier molecular flexibility index (Phi) is 3.85. The minimum Gasteiger partial charge on any atom is -0.465 e. The van der Waals surface area contributed by atoms with E-state index in [1.165, 1.54) is 24.3 Å². The number of carbonyl (C=O) groups is 1. The fourth-order valence-electron chi connectivity index (χ4n) is 1.09. The van der Waals surface area contributed by atoms with Crippen molar-refractivity contribution >= 4 is 17.7 Å². The average molecular weight is 236 g/mol. The topological polar surface area (TPSA) is 49.3 Å². The molecule has 15 heavy (non-hydrogen) atoms. The highest BCUT2D eigenvalue weighted by Crippen LogP contribution is 2.22. The van der Waals surface area contributed by atoms with E-state index in [9.17, 15) is 13.6 Å². The third-order valence-corrected chi connectivity index (χ3v) is 2.01. The number of halogens is 3. The Morgan fingerprint density at radius 3 is 2.27 bits per heavy atom. The lowest BCUT2D eigenvalue weighted by Gasteiger charge is -2.16. The molecule has 3 nitrogen and oxygen atoms in total. The molecule has 2 N–H and O–H groups in total. The lowest BCUT2D eigenvalue weighted by atomic mass is 10.1. The van der Waals surface area contributed by atoms with Crippen LogP contribution in [-0.2, 0) is 0 Å². The number of benzene rings is 1. The van der Waals surface area contributed by atoms with Gasteiger partial charge in [0.2, 0.25) is 0 Å². The first-order valence-corrected chi connectivity index (χ1v) is 4.41. The van der Waals surface area contributed by atoms with Crippen LogP contribution in [0.3, 0.4) is 0 Å². The van der Waals surface area contributed by atoms with Gasteiger partial charge < -0.3 is 10.4 Å². The summed E-state index contributed by atoms with van der Waals surface area (Å²) in [6.45, 7) is 0. The molecule has 0 aliphatic carbocycles. The Balaban J connectivity index is 2.88. The number of alkyl halides is 2.